The Morgan fingerprint density at radius 1 is 1.12 bits per heavy atom. The van der Waals surface area contributed by atoms with Gasteiger partial charge in [-0.1, -0.05) is 24.3 Å². The molecule has 0 unspecified atom stereocenters. The van der Waals surface area contributed by atoms with Gasteiger partial charge in [0.05, 0.1) is 23.2 Å². The van der Waals surface area contributed by atoms with Crippen LogP contribution in [0.15, 0.2) is 59.5 Å². The standard InChI is InChI=1S/C17H13FN2O4S/c1-24-17(21)15-9-8-11-4-2-7-14(16(11)19-15)20-25(22,23)13-6-3-5-12(18)10-13/h2-10,20H,1H3. The fourth-order valence-electron chi connectivity index (χ4n) is 2.29. The number of carbonyl (C=O) groups excluding carboxylic acids is 1. The lowest BCUT2D eigenvalue weighted by atomic mass is 10.2. The maximum atomic E-state index is 13.3. The normalized spacial score (nSPS) is 11.3. The Morgan fingerprint density at radius 3 is 2.60 bits per heavy atom. The highest BCUT2D eigenvalue weighted by Gasteiger charge is 2.17. The number of para-hydroxylation sites is 1. The molecule has 1 N–H and O–H groups in total. The number of fused-ring (bicyclic) bond motifs is 1. The third-order valence-electron chi connectivity index (χ3n) is 3.47. The van der Waals surface area contributed by atoms with Gasteiger partial charge in [0.25, 0.3) is 10.0 Å². The second-order valence-electron chi connectivity index (χ2n) is 5.13. The number of nitrogens with zero attached hydrogens (tertiary/aromatic N) is 1. The highest BCUT2D eigenvalue weighted by Crippen LogP contribution is 2.25. The van der Waals surface area contributed by atoms with Crippen LogP contribution in [-0.2, 0) is 14.8 Å². The lowest BCUT2D eigenvalue weighted by Gasteiger charge is -2.11. The number of halogens is 1. The predicted octanol–water partition coefficient (Wildman–Crippen LogP) is 2.96. The van der Waals surface area contributed by atoms with E-state index in [2.05, 4.69) is 14.4 Å². The van der Waals surface area contributed by atoms with Crippen molar-refractivity contribution in [3.63, 3.8) is 0 Å². The quantitative estimate of drug-likeness (QED) is 0.723. The summed E-state index contributed by atoms with van der Waals surface area (Å²) in [5.41, 5.74) is 0.505. The molecule has 25 heavy (non-hydrogen) atoms. The molecule has 0 spiro atoms. The number of hydrogen-bond acceptors (Lipinski definition) is 5. The van der Waals surface area contributed by atoms with E-state index < -0.39 is 21.8 Å². The molecule has 0 aliphatic carbocycles. The Morgan fingerprint density at radius 2 is 1.88 bits per heavy atom. The van der Waals surface area contributed by atoms with Crippen molar-refractivity contribution in [3.8, 4) is 0 Å². The number of carbonyl (C=O) groups is 1. The van der Waals surface area contributed by atoms with Crippen molar-refractivity contribution in [2.45, 2.75) is 4.90 Å². The minimum Gasteiger partial charge on any atom is -0.464 e. The number of esters is 1. The Labute approximate surface area is 143 Å². The van der Waals surface area contributed by atoms with Gasteiger partial charge in [0.1, 0.15) is 11.5 Å². The van der Waals surface area contributed by atoms with Gasteiger partial charge < -0.3 is 4.74 Å². The van der Waals surface area contributed by atoms with Crippen molar-refractivity contribution in [3.05, 3.63) is 66.1 Å². The number of pyridine rings is 1. The van der Waals surface area contributed by atoms with E-state index in [4.69, 9.17) is 0 Å². The maximum Gasteiger partial charge on any atom is 0.356 e. The number of benzene rings is 2. The average molecular weight is 360 g/mol. The van der Waals surface area contributed by atoms with Crippen molar-refractivity contribution in [2.75, 3.05) is 11.8 Å². The van der Waals surface area contributed by atoms with Gasteiger partial charge in [-0.15, -0.1) is 0 Å². The number of methoxy groups -OCH3 is 1. The van der Waals surface area contributed by atoms with E-state index in [1.54, 1.807) is 18.2 Å². The topological polar surface area (TPSA) is 85.4 Å². The van der Waals surface area contributed by atoms with Crippen LogP contribution < -0.4 is 4.72 Å². The molecule has 0 aliphatic heterocycles. The smallest absolute Gasteiger partial charge is 0.356 e. The molecule has 0 bridgehead atoms. The Kier molecular flexibility index (Phi) is 4.37. The first-order chi connectivity index (χ1) is 11.9. The molecule has 6 nitrogen and oxygen atoms in total. The largest absolute Gasteiger partial charge is 0.464 e. The lowest BCUT2D eigenvalue weighted by molar-refractivity contribution is 0.0594. The molecular weight excluding hydrogens is 347 g/mol. The summed E-state index contributed by atoms with van der Waals surface area (Å²) in [4.78, 5) is 15.6. The lowest BCUT2D eigenvalue weighted by Crippen LogP contribution is -2.14. The first-order valence-electron chi connectivity index (χ1n) is 7.17. The van der Waals surface area contributed by atoms with Crippen molar-refractivity contribution in [1.29, 1.82) is 0 Å². The summed E-state index contributed by atoms with van der Waals surface area (Å²) in [6.45, 7) is 0. The summed E-state index contributed by atoms with van der Waals surface area (Å²) >= 11 is 0. The molecule has 1 heterocycles. The van der Waals surface area contributed by atoms with Gasteiger partial charge in [0.15, 0.2) is 0 Å². The van der Waals surface area contributed by atoms with Crippen LogP contribution >= 0.6 is 0 Å². The number of nitrogens with one attached hydrogen (secondary N) is 1. The average Bonchev–Trinajstić information content (AvgIpc) is 2.61. The molecule has 8 heteroatoms. The first kappa shape index (κ1) is 16.8. The molecule has 1 aromatic heterocycles. The van der Waals surface area contributed by atoms with Crippen LogP contribution in [0.25, 0.3) is 10.9 Å². The summed E-state index contributed by atoms with van der Waals surface area (Å²) < 4.78 is 45.3. The van der Waals surface area contributed by atoms with Crippen LogP contribution in [0.3, 0.4) is 0 Å². The van der Waals surface area contributed by atoms with E-state index in [9.17, 15) is 17.6 Å². The van der Waals surface area contributed by atoms with Crippen molar-refractivity contribution in [2.24, 2.45) is 0 Å². The van der Waals surface area contributed by atoms with Gasteiger partial charge in [-0.05, 0) is 30.3 Å². The third-order valence-corrected chi connectivity index (χ3v) is 4.83. The number of hydrogen-bond donors (Lipinski definition) is 1. The van der Waals surface area contributed by atoms with Gasteiger partial charge in [-0.3, -0.25) is 4.72 Å². The second kappa shape index (κ2) is 6.48. The highest BCUT2D eigenvalue weighted by atomic mass is 32.2. The van der Waals surface area contributed by atoms with Gasteiger partial charge in [0, 0.05) is 5.39 Å². The van der Waals surface area contributed by atoms with Crippen molar-refractivity contribution >= 4 is 32.6 Å². The summed E-state index contributed by atoms with van der Waals surface area (Å²) in [6, 6.07) is 12.7. The Balaban J connectivity index is 2.07. The van der Waals surface area contributed by atoms with E-state index in [-0.39, 0.29) is 21.8 Å². The van der Waals surface area contributed by atoms with E-state index in [0.717, 1.165) is 12.1 Å². The highest BCUT2D eigenvalue weighted by molar-refractivity contribution is 7.92. The molecular formula is C17H13FN2O4S. The fourth-order valence-corrected chi connectivity index (χ4v) is 3.38. The summed E-state index contributed by atoms with van der Waals surface area (Å²) in [5.74, 6) is -1.29. The third kappa shape index (κ3) is 3.43. The molecule has 2 aromatic carbocycles. The van der Waals surface area contributed by atoms with Gasteiger partial charge in [0.2, 0.25) is 0 Å². The summed E-state index contributed by atoms with van der Waals surface area (Å²) in [6.07, 6.45) is 0. The molecule has 0 saturated heterocycles. The van der Waals surface area contributed by atoms with Crippen LogP contribution in [0.1, 0.15) is 10.5 Å². The fraction of sp³-hybridized carbons (Fsp3) is 0.0588. The number of aromatic nitrogens is 1. The van der Waals surface area contributed by atoms with Crippen LogP contribution in [0.2, 0.25) is 0 Å². The molecule has 0 atom stereocenters. The predicted molar refractivity (Wildman–Crippen MR) is 90.3 cm³/mol. The molecule has 0 aliphatic rings. The molecule has 128 valence electrons. The molecule has 0 radical (unpaired) electrons. The van der Waals surface area contributed by atoms with Crippen LogP contribution in [-0.4, -0.2) is 26.5 Å². The van der Waals surface area contributed by atoms with Crippen molar-refractivity contribution in [1.82, 2.24) is 4.98 Å². The maximum absolute atomic E-state index is 13.3. The van der Waals surface area contributed by atoms with E-state index in [1.807, 2.05) is 0 Å². The molecule has 0 fully saturated rings. The van der Waals surface area contributed by atoms with Gasteiger partial charge in [-0.2, -0.15) is 0 Å². The number of anilines is 1. The van der Waals surface area contributed by atoms with E-state index in [0.29, 0.717) is 5.39 Å². The minimum atomic E-state index is -4.01. The number of rotatable bonds is 4. The molecule has 3 aromatic rings. The Bertz CT molecular complexity index is 1070. The van der Waals surface area contributed by atoms with E-state index >= 15 is 0 Å². The zero-order valence-corrected chi connectivity index (χ0v) is 13.9. The number of sulfonamides is 1. The first-order valence-corrected chi connectivity index (χ1v) is 8.65. The monoisotopic (exact) mass is 360 g/mol. The SMILES string of the molecule is COC(=O)c1ccc2cccc(NS(=O)(=O)c3cccc(F)c3)c2n1. The van der Waals surface area contributed by atoms with Gasteiger partial charge >= 0.3 is 5.97 Å². The second-order valence-corrected chi connectivity index (χ2v) is 6.81. The number of ether oxygens (including phenoxy) is 1. The van der Waals surface area contributed by atoms with Crippen molar-refractivity contribution < 1.29 is 22.3 Å². The zero-order chi connectivity index (χ0) is 18.0. The van der Waals surface area contributed by atoms with E-state index in [1.165, 1.54) is 31.4 Å². The molecule has 0 amide bonds. The van der Waals surface area contributed by atoms with Crippen LogP contribution in [0.5, 0.6) is 0 Å². The van der Waals surface area contributed by atoms with Crippen LogP contribution in [0, 0.1) is 5.82 Å². The minimum absolute atomic E-state index is 0.0485. The zero-order valence-electron chi connectivity index (χ0n) is 13.1. The summed E-state index contributed by atoms with van der Waals surface area (Å²) in [5, 5.41) is 0.632. The molecule has 3 rings (SSSR count). The van der Waals surface area contributed by atoms with Gasteiger partial charge in [-0.25, -0.2) is 22.6 Å². The summed E-state index contributed by atoms with van der Waals surface area (Å²) in [7, 11) is -2.78. The Hall–Kier alpha value is -3.00. The van der Waals surface area contributed by atoms with Crippen LogP contribution in [0.4, 0.5) is 10.1 Å². The molecule has 0 saturated carbocycles.